The normalized spacial score (nSPS) is 10.3. The number of benzene rings is 2. The molecular weight excluding hydrogens is 336 g/mol. The van der Waals surface area contributed by atoms with Gasteiger partial charge in [-0.1, -0.05) is 12.1 Å². The number of para-hydroxylation sites is 1. The number of carboxylic acid groups (broad SMARTS) is 1. The molecule has 0 saturated heterocycles. The number of phenols is 2. The lowest BCUT2D eigenvalue weighted by Gasteiger charge is -2.10. The Hall–Kier alpha value is -3.87. The van der Waals surface area contributed by atoms with Crippen molar-refractivity contribution in [1.29, 1.82) is 0 Å². The van der Waals surface area contributed by atoms with Crippen molar-refractivity contribution in [3.05, 3.63) is 71.9 Å². The summed E-state index contributed by atoms with van der Waals surface area (Å²) < 4.78 is 0. The summed E-state index contributed by atoms with van der Waals surface area (Å²) in [6.45, 7) is 0. The van der Waals surface area contributed by atoms with E-state index in [1.807, 2.05) is 0 Å². The van der Waals surface area contributed by atoms with Crippen LogP contribution in [0.4, 0.5) is 5.69 Å². The molecule has 1 amide bonds. The molecule has 7 nitrogen and oxygen atoms in total. The van der Waals surface area contributed by atoms with E-state index in [2.05, 4.69) is 10.3 Å². The number of nitrogens with zero attached hydrogens (tertiary/aromatic N) is 1. The maximum absolute atomic E-state index is 12.3. The monoisotopic (exact) mass is 350 g/mol. The maximum Gasteiger partial charge on any atom is 0.335 e. The fourth-order valence-corrected chi connectivity index (χ4v) is 2.39. The molecule has 0 aliphatic heterocycles. The zero-order valence-corrected chi connectivity index (χ0v) is 13.4. The number of aromatic nitrogens is 1. The van der Waals surface area contributed by atoms with E-state index in [0.717, 1.165) is 0 Å². The second-order valence-electron chi connectivity index (χ2n) is 5.44. The molecule has 2 aromatic carbocycles. The summed E-state index contributed by atoms with van der Waals surface area (Å²) in [7, 11) is 0. The first kappa shape index (κ1) is 17.0. The fourth-order valence-electron chi connectivity index (χ4n) is 2.39. The first-order valence-corrected chi connectivity index (χ1v) is 7.58. The van der Waals surface area contributed by atoms with Crippen molar-refractivity contribution in [1.82, 2.24) is 4.98 Å². The highest BCUT2D eigenvalue weighted by atomic mass is 16.4. The SMILES string of the molecule is O=C(O)c1ccnc(-c2cc(NC(=O)c3ccccc3O)ccc2O)c1. The second-order valence-corrected chi connectivity index (χ2v) is 5.44. The number of hydrogen-bond acceptors (Lipinski definition) is 5. The molecule has 3 rings (SSSR count). The Morgan fingerprint density at radius 2 is 1.69 bits per heavy atom. The van der Waals surface area contributed by atoms with E-state index in [1.54, 1.807) is 12.1 Å². The van der Waals surface area contributed by atoms with Crippen LogP contribution in [0.3, 0.4) is 0 Å². The van der Waals surface area contributed by atoms with Gasteiger partial charge in [0.2, 0.25) is 0 Å². The number of carbonyl (C=O) groups is 2. The van der Waals surface area contributed by atoms with Gasteiger partial charge in [0.1, 0.15) is 11.5 Å². The fraction of sp³-hybridized carbons (Fsp3) is 0. The zero-order valence-electron chi connectivity index (χ0n) is 13.4. The number of hydrogen-bond donors (Lipinski definition) is 4. The van der Waals surface area contributed by atoms with Crippen molar-refractivity contribution in [2.45, 2.75) is 0 Å². The molecule has 1 aromatic heterocycles. The quantitative estimate of drug-likeness (QED) is 0.537. The summed E-state index contributed by atoms with van der Waals surface area (Å²) in [6, 6.07) is 13.1. The first-order valence-electron chi connectivity index (χ1n) is 7.58. The minimum absolute atomic E-state index is 0.0260. The van der Waals surface area contributed by atoms with Crippen LogP contribution in [0.25, 0.3) is 11.3 Å². The first-order chi connectivity index (χ1) is 12.5. The summed E-state index contributed by atoms with van der Waals surface area (Å²) in [5.74, 6) is -1.90. The molecule has 0 unspecified atom stereocenters. The van der Waals surface area contributed by atoms with Gasteiger partial charge in [-0.15, -0.1) is 0 Å². The molecule has 130 valence electrons. The van der Waals surface area contributed by atoms with Gasteiger partial charge in [0.15, 0.2) is 0 Å². The summed E-state index contributed by atoms with van der Waals surface area (Å²) in [5, 5.41) is 31.5. The Morgan fingerprint density at radius 1 is 0.923 bits per heavy atom. The lowest BCUT2D eigenvalue weighted by Crippen LogP contribution is -2.12. The predicted octanol–water partition coefficient (Wildman–Crippen LogP) is 3.11. The van der Waals surface area contributed by atoms with Gasteiger partial charge in [-0.3, -0.25) is 9.78 Å². The number of anilines is 1. The van der Waals surface area contributed by atoms with Crippen molar-refractivity contribution < 1.29 is 24.9 Å². The van der Waals surface area contributed by atoms with Crippen LogP contribution in [-0.4, -0.2) is 32.2 Å². The van der Waals surface area contributed by atoms with Crippen LogP contribution in [-0.2, 0) is 0 Å². The van der Waals surface area contributed by atoms with Crippen LogP contribution in [0, 0.1) is 0 Å². The van der Waals surface area contributed by atoms with E-state index >= 15 is 0 Å². The molecule has 1 heterocycles. The van der Waals surface area contributed by atoms with Gasteiger partial charge < -0.3 is 20.6 Å². The van der Waals surface area contributed by atoms with Gasteiger partial charge in [0, 0.05) is 17.4 Å². The highest BCUT2D eigenvalue weighted by Gasteiger charge is 2.14. The largest absolute Gasteiger partial charge is 0.507 e. The molecular formula is C19H14N2O5. The standard InChI is InChI=1S/C19H14N2O5/c22-16-4-2-1-3-13(16)18(24)21-12-5-6-17(23)14(10-12)15-9-11(19(25)26)7-8-20-15/h1-10,22-23H,(H,21,24)(H,25,26). The number of pyridine rings is 1. The van der Waals surface area contributed by atoms with Crippen molar-refractivity contribution in [2.75, 3.05) is 5.32 Å². The number of aromatic carboxylic acids is 1. The number of phenolic OH excluding ortho intramolecular Hbond substituents is 2. The van der Waals surface area contributed by atoms with E-state index in [-0.39, 0.29) is 33.9 Å². The minimum atomic E-state index is -1.11. The van der Waals surface area contributed by atoms with Crippen LogP contribution in [0.2, 0.25) is 0 Å². The van der Waals surface area contributed by atoms with E-state index in [0.29, 0.717) is 5.69 Å². The van der Waals surface area contributed by atoms with Crippen LogP contribution < -0.4 is 5.32 Å². The number of amides is 1. The highest BCUT2D eigenvalue weighted by Crippen LogP contribution is 2.31. The summed E-state index contributed by atoms with van der Waals surface area (Å²) in [4.78, 5) is 27.5. The number of rotatable bonds is 4. The predicted molar refractivity (Wildman–Crippen MR) is 94.4 cm³/mol. The van der Waals surface area contributed by atoms with Crippen LogP contribution in [0.1, 0.15) is 20.7 Å². The molecule has 0 fully saturated rings. The third-order valence-corrected chi connectivity index (χ3v) is 3.69. The maximum atomic E-state index is 12.3. The Bertz CT molecular complexity index is 1000. The Balaban J connectivity index is 1.93. The van der Waals surface area contributed by atoms with Crippen molar-refractivity contribution >= 4 is 17.6 Å². The number of carboxylic acids is 1. The van der Waals surface area contributed by atoms with Gasteiger partial charge in [-0.05, 0) is 42.5 Å². The van der Waals surface area contributed by atoms with E-state index in [1.165, 1.54) is 48.7 Å². The number of carbonyl (C=O) groups excluding carboxylic acids is 1. The van der Waals surface area contributed by atoms with E-state index < -0.39 is 11.9 Å². The summed E-state index contributed by atoms with van der Waals surface area (Å²) in [5.41, 5.74) is 1.00. The zero-order chi connectivity index (χ0) is 18.7. The van der Waals surface area contributed by atoms with Gasteiger partial charge in [0.25, 0.3) is 5.91 Å². The molecule has 4 N–H and O–H groups in total. The molecule has 0 aliphatic rings. The molecule has 0 atom stereocenters. The summed E-state index contributed by atoms with van der Waals surface area (Å²) in [6.07, 6.45) is 1.32. The van der Waals surface area contributed by atoms with Crippen LogP contribution in [0.5, 0.6) is 11.5 Å². The van der Waals surface area contributed by atoms with Crippen molar-refractivity contribution in [3.8, 4) is 22.8 Å². The summed E-state index contributed by atoms with van der Waals surface area (Å²) >= 11 is 0. The van der Waals surface area contributed by atoms with E-state index in [9.17, 15) is 19.8 Å². The number of nitrogens with one attached hydrogen (secondary N) is 1. The van der Waals surface area contributed by atoms with E-state index in [4.69, 9.17) is 5.11 Å². The van der Waals surface area contributed by atoms with Crippen molar-refractivity contribution in [3.63, 3.8) is 0 Å². The molecule has 0 saturated carbocycles. The highest BCUT2D eigenvalue weighted by molar-refractivity contribution is 6.06. The van der Waals surface area contributed by atoms with Crippen LogP contribution in [0.15, 0.2) is 60.8 Å². The van der Waals surface area contributed by atoms with Gasteiger partial charge in [-0.25, -0.2) is 4.79 Å². The topological polar surface area (TPSA) is 120 Å². The van der Waals surface area contributed by atoms with Crippen molar-refractivity contribution in [2.24, 2.45) is 0 Å². The lowest BCUT2D eigenvalue weighted by atomic mass is 10.1. The average molecular weight is 350 g/mol. The molecule has 3 aromatic rings. The Morgan fingerprint density at radius 3 is 2.42 bits per heavy atom. The number of aromatic hydroxyl groups is 2. The lowest BCUT2D eigenvalue weighted by molar-refractivity contribution is 0.0696. The molecule has 0 bridgehead atoms. The molecule has 0 aliphatic carbocycles. The Kier molecular flexibility index (Phi) is 4.53. The molecule has 0 radical (unpaired) electrons. The molecule has 26 heavy (non-hydrogen) atoms. The smallest absolute Gasteiger partial charge is 0.335 e. The minimum Gasteiger partial charge on any atom is -0.507 e. The van der Waals surface area contributed by atoms with Crippen LogP contribution >= 0.6 is 0 Å². The average Bonchev–Trinajstić information content (AvgIpc) is 2.63. The van der Waals surface area contributed by atoms with Gasteiger partial charge >= 0.3 is 5.97 Å². The van der Waals surface area contributed by atoms with Gasteiger partial charge in [-0.2, -0.15) is 0 Å². The molecule has 7 heteroatoms. The molecule has 0 spiro atoms. The Labute approximate surface area is 148 Å². The second kappa shape index (κ2) is 6.94. The van der Waals surface area contributed by atoms with Gasteiger partial charge in [0.05, 0.1) is 16.8 Å². The third-order valence-electron chi connectivity index (χ3n) is 3.69. The third kappa shape index (κ3) is 3.46.